The van der Waals surface area contributed by atoms with Crippen LogP contribution in [-0.2, 0) is 20.7 Å². The summed E-state index contributed by atoms with van der Waals surface area (Å²) in [4.78, 5) is 24.3. The summed E-state index contributed by atoms with van der Waals surface area (Å²) in [5.41, 5.74) is 0.425. The molecule has 1 aromatic heterocycles. The second-order valence-electron chi connectivity index (χ2n) is 8.05. The smallest absolute Gasteiger partial charge is 0.303 e. The average Bonchev–Trinajstić information content (AvgIpc) is 3.26. The van der Waals surface area contributed by atoms with E-state index in [1.165, 1.54) is 31.2 Å². The van der Waals surface area contributed by atoms with Crippen LogP contribution in [0.5, 0.6) is 17.2 Å². The van der Waals surface area contributed by atoms with Crippen LogP contribution >= 0.6 is 0 Å². The molecule has 0 aliphatic carbocycles. The molecule has 1 spiro atoms. The van der Waals surface area contributed by atoms with E-state index in [-0.39, 0.29) is 40.4 Å². The molecule has 0 bridgehead atoms. The van der Waals surface area contributed by atoms with Crippen molar-refractivity contribution in [2.75, 3.05) is 6.61 Å². The van der Waals surface area contributed by atoms with Crippen molar-refractivity contribution in [3.8, 4) is 28.6 Å². The van der Waals surface area contributed by atoms with Crippen molar-refractivity contribution >= 4 is 16.9 Å². The normalized spacial score (nSPS) is 25.8. The molecule has 2 aliphatic rings. The summed E-state index contributed by atoms with van der Waals surface area (Å²) in [5, 5.41) is 40.5. The summed E-state index contributed by atoms with van der Waals surface area (Å²) in [6.07, 6.45) is -3.79. The van der Waals surface area contributed by atoms with Crippen LogP contribution in [0.25, 0.3) is 22.3 Å². The molecule has 3 aromatic rings. The first-order chi connectivity index (χ1) is 15.7. The van der Waals surface area contributed by atoms with E-state index in [0.717, 1.165) is 0 Å². The number of aliphatic hydroxyl groups is 2. The highest BCUT2D eigenvalue weighted by atomic mass is 16.7. The number of phenols is 2. The van der Waals surface area contributed by atoms with Gasteiger partial charge in [-0.05, 0) is 24.3 Å². The zero-order valence-corrected chi connectivity index (χ0v) is 17.3. The molecule has 10 nitrogen and oxygen atoms in total. The van der Waals surface area contributed by atoms with Gasteiger partial charge in [0.2, 0.25) is 5.79 Å². The number of ether oxygens (including phenoxy) is 3. The highest BCUT2D eigenvalue weighted by molar-refractivity contribution is 5.90. The summed E-state index contributed by atoms with van der Waals surface area (Å²) >= 11 is 0. The van der Waals surface area contributed by atoms with E-state index in [2.05, 4.69) is 0 Å². The summed E-state index contributed by atoms with van der Waals surface area (Å²) in [6, 6.07) is 8.48. The third-order valence-corrected chi connectivity index (χ3v) is 5.86. The second kappa shape index (κ2) is 7.48. The van der Waals surface area contributed by atoms with Crippen LogP contribution in [-0.4, -0.2) is 57.1 Å². The minimum atomic E-state index is -1.72. The number of carbonyl (C=O) groups excluding carboxylic acids is 1. The summed E-state index contributed by atoms with van der Waals surface area (Å²) in [7, 11) is 0. The zero-order valence-electron chi connectivity index (χ0n) is 17.3. The highest BCUT2D eigenvalue weighted by Crippen LogP contribution is 2.48. The van der Waals surface area contributed by atoms with Gasteiger partial charge in [-0.3, -0.25) is 9.59 Å². The number of fused-ring (bicyclic) bond motifs is 3. The first-order valence-electron chi connectivity index (χ1n) is 10.2. The third kappa shape index (κ3) is 3.30. The molecule has 5 rings (SSSR count). The molecule has 2 aromatic carbocycles. The zero-order chi connectivity index (χ0) is 23.5. The lowest BCUT2D eigenvalue weighted by Crippen LogP contribution is -2.48. The van der Waals surface area contributed by atoms with Gasteiger partial charge in [0, 0.05) is 36.6 Å². The molecule has 0 radical (unpaired) electrons. The molecule has 33 heavy (non-hydrogen) atoms. The van der Waals surface area contributed by atoms with Crippen molar-refractivity contribution in [1.82, 2.24) is 0 Å². The molecular weight excluding hydrogens is 436 g/mol. The Morgan fingerprint density at radius 2 is 1.94 bits per heavy atom. The first-order valence-corrected chi connectivity index (χ1v) is 10.2. The van der Waals surface area contributed by atoms with Crippen LogP contribution in [0.2, 0.25) is 0 Å². The van der Waals surface area contributed by atoms with Crippen molar-refractivity contribution in [2.45, 2.75) is 37.4 Å². The number of esters is 1. The van der Waals surface area contributed by atoms with Gasteiger partial charge in [0.1, 0.15) is 40.1 Å². The predicted octanol–water partition coefficient (Wildman–Crippen LogP) is 1.19. The maximum atomic E-state index is 12.8. The number of phenolic OH excluding ortho intramolecular Hbond substituents is 2. The monoisotopic (exact) mass is 456 g/mol. The number of aliphatic hydroxyl groups excluding tert-OH is 2. The molecule has 4 atom stereocenters. The van der Waals surface area contributed by atoms with Crippen LogP contribution in [0.3, 0.4) is 0 Å². The Bertz CT molecular complexity index is 1310. The number of benzene rings is 2. The Hall–Kier alpha value is -3.60. The van der Waals surface area contributed by atoms with E-state index >= 15 is 0 Å². The topological polar surface area (TPSA) is 156 Å². The lowest BCUT2D eigenvalue weighted by Gasteiger charge is -2.26. The number of carbonyl (C=O) groups is 1. The molecule has 2 aliphatic heterocycles. The third-order valence-electron chi connectivity index (χ3n) is 5.86. The molecule has 3 heterocycles. The number of rotatable bonds is 3. The highest BCUT2D eigenvalue weighted by Gasteiger charge is 2.61. The molecule has 1 saturated heterocycles. The fraction of sp³-hybridized carbons (Fsp3) is 0.304. The average molecular weight is 456 g/mol. The molecule has 0 amide bonds. The Balaban J connectivity index is 1.62. The van der Waals surface area contributed by atoms with Crippen molar-refractivity contribution in [2.24, 2.45) is 0 Å². The van der Waals surface area contributed by atoms with E-state index in [0.29, 0.717) is 11.1 Å². The second-order valence-corrected chi connectivity index (χ2v) is 8.05. The van der Waals surface area contributed by atoms with Crippen molar-refractivity contribution in [3.63, 3.8) is 0 Å². The number of hydrogen-bond donors (Lipinski definition) is 4. The fourth-order valence-electron chi connectivity index (χ4n) is 4.39. The van der Waals surface area contributed by atoms with Gasteiger partial charge in [0.05, 0.1) is 6.61 Å². The molecule has 0 saturated carbocycles. The fourth-order valence-corrected chi connectivity index (χ4v) is 4.39. The SMILES string of the molecule is CC(=O)O[C@@H]1[C@@H](CO)O[C@]2(Cc3c(cc(O)c4c(=O)cc(-c5ccc(O)cc5)oc34)O2)[C@H]1O. The maximum Gasteiger partial charge on any atom is 0.303 e. The van der Waals surface area contributed by atoms with Gasteiger partial charge in [0.15, 0.2) is 17.6 Å². The van der Waals surface area contributed by atoms with Crippen LogP contribution in [0.1, 0.15) is 12.5 Å². The number of aromatic hydroxyl groups is 2. The van der Waals surface area contributed by atoms with Gasteiger partial charge < -0.3 is 39.1 Å². The Morgan fingerprint density at radius 1 is 1.21 bits per heavy atom. The number of hydrogen-bond acceptors (Lipinski definition) is 10. The van der Waals surface area contributed by atoms with Gasteiger partial charge in [-0.2, -0.15) is 0 Å². The van der Waals surface area contributed by atoms with Gasteiger partial charge in [-0.25, -0.2) is 0 Å². The van der Waals surface area contributed by atoms with Crippen LogP contribution in [0.4, 0.5) is 0 Å². The largest absolute Gasteiger partial charge is 0.508 e. The van der Waals surface area contributed by atoms with Crippen LogP contribution in [0, 0.1) is 0 Å². The van der Waals surface area contributed by atoms with Crippen LogP contribution in [0.15, 0.2) is 45.6 Å². The summed E-state index contributed by atoms with van der Waals surface area (Å²) < 4.78 is 22.8. The van der Waals surface area contributed by atoms with E-state index in [9.17, 15) is 30.0 Å². The van der Waals surface area contributed by atoms with Gasteiger partial charge in [-0.1, -0.05) is 0 Å². The van der Waals surface area contributed by atoms with Crippen molar-refractivity contribution in [3.05, 3.63) is 52.2 Å². The molecule has 172 valence electrons. The van der Waals surface area contributed by atoms with E-state index in [1.807, 2.05) is 0 Å². The maximum absolute atomic E-state index is 12.8. The predicted molar refractivity (Wildman–Crippen MR) is 112 cm³/mol. The summed E-state index contributed by atoms with van der Waals surface area (Å²) in [5.74, 6) is -2.41. The quantitative estimate of drug-likeness (QED) is 0.422. The van der Waals surface area contributed by atoms with Gasteiger partial charge in [-0.15, -0.1) is 0 Å². The minimum absolute atomic E-state index is 0.0453. The van der Waals surface area contributed by atoms with Crippen molar-refractivity contribution in [1.29, 1.82) is 0 Å². The molecule has 10 heteroatoms. The van der Waals surface area contributed by atoms with Crippen molar-refractivity contribution < 1.29 is 43.8 Å². The molecule has 0 unspecified atom stereocenters. The van der Waals surface area contributed by atoms with Gasteiger partial charge in [0.25, 0.3) is 0 Å². The molecule has 1 fully saturated rings. The van der Waals surface area contributed by atoms with Gasteiger partial charge >= 0.3 is 5.97 Å². The lowest BCUT2D eigenvalue weighted by atomic mass is 9.98. The lowest BCUT2D eigenvalue weighted by molar-refractivity contribution is -0.200. The molecule has 4 N–H and O–H groups in total. The Kier molecular flexibility index (Phi) is 4.82. The Labute approximate surface area is 186 Å². The van der Waals surface area contributed by atoms with Crippen LogP contribution < -0.4 is 10.2 Å². The standard InChI is InChI=1S/C23H20O10/c1-10(25)30-21-18(9-24)33-23(22(21)29)8-13-17(32-23)7-15(28)19-14(27)6-16(31-20(13)19)11-2-4-12(26)5-3-11/h2-7,18,21-22,24,26,28-29H,8-9H2,1H3/t18-,21-,22+,23-/m1/s1. The van der Waals surface area contributed by atoms with E-state index < -0.39 is 42.1 Å². The first kappa shape index (κ1) is 21.3. The van der Waals surface area contributed by atoms with E-state index in [1.54, 1.807) is 12.1 Å². The van der Waals surface area contributed by atoms with E-state index in [4.69, 9.17) is 18.6 Å². The Morgan fingerprint density at radius 3 is 2.61 bits per heavy atom. The molecular formula is C23H20O10. The minimum Gasteiger partial charge on any atom is -0.508 e. The summed E-state index contributed by atoms with van der Waals surface area (Å²) in [6.45, 7) is 0.629.